The second-order valence-electron chi connectivity index (χ2n) is 6.26. The molecule has 18 heavy (non-hydrogen) atoms. The van der Waals surface area contributed by atoms with Gasteiger partial charge in [-0.1, -0.05) is 13.3 Å². The first-order valence-electron chi connectivity index (χ1n) is 6.94. The van der Waals surface area contributed by atoms with Gasteiger partial charge in [-0.2, -0.15) is 0 Å². The summed E-state index contributed by atoms with van der Waals surface area (Å²) in [6.07, 6.45) is 7.53. The lowest BCUT2D eigenvalue weighted by molar-refractivity contribution is 0.271. The van der Waals surface area contributed by atoms with Crippen LogP contribution in [0.1, 0.15) is 52.9 Å². The Bertz CT molecular complexity index is 344. The zero-order valence-electron chi connectivity index (χ0n) is 12.1. The summed E-state index contributed by atoms with van der Waals surface area (Å²) < 4.78 is 25.1. The van der Waals surface area contributed by atoms with E-state index < -0.39 is 15.6 Å². The maximum Gasteiger partial charge on any atom is 0.209 e. The Morgan fingerprint density at radius 1 is 1.17 bits per heavy atom. The quantitative estimate of drug-likeness (QED) is 0.778. The summed E-state index contributed by atoms with van der Waals surface area (Å²) in [6.45, 7) is 6.77. The van der Waals surface area contributed by atoms with Crippen LogP contribution in [0.25, 0.3) is 0 Å². The van der Waals surface area contributed by atoms with E-state index in [4.69, 9.17) is 0 Å². The maximum atomic E-state index is 11.2. The summed E-state index contributed by atoms with van der Waals surface area (Å²) in [5.41, 5.74) is -0.421. The van der Waals surface area contributed by atoms with Crippen LogP contribution in [0.15, 0.2) is 0 Å². The van der Waals surface area contributed by atoms with E-state index in [0.717, 1.165) is 5.92 Å². The summed E-state index contributed by atoms with van der Waals surface area (Å²) in [5.74, 6) is 0.894. The van der Waals surface area contributed by atoms with Crippen molar-refractivity contribution in [1.29, 1.82) is 0 Å². The highest BCUT2D eigenvalue weighted by Crippen LogP contribution is 2.26. The van der Waals surface area contributed by atoms with Gasteiger partial charge in [-0.3, -0.25) is 0 Å². The van der Waals surface area contributed by atoms with Crippen LogP contribution in [-0.4, -0.2) is 32.8 Å². The third kappa shape index (κ3) is 6.16. The molecule has 1 fully saturated rings. The molecule has 0 bridgehead atoms. The zero-order valence-corrected chi connectivity index (χ0v) is 12.9. The van der Waals surface area contributed by atoms with Crippen molar-refractivity contribution in [1.82, 2.24) is 10.0 Å². The molecule has 0 aromatic rings. The molecule has 0 aromatic heterocycles. The van der Waals surface area contributed by atoms with Gasteiger partial charge in [-0.25, -0.2) is 13.1 Å². The third-order valence-electron chi connectivity index (χ3n) is 3.72. The van der Waals surface area contributed by atoms with E-state index in [1.165, 1.54) is 38.4 Å². The Balaban J connectivity index is 2.32. The van der Waals surface area contributed by atoms with E-state index in [2.05, 4.69) is 17.0 Å². The second kappa shape index (κ2) is 6.35. The monoisotopic (exact) mass is 276 g/mol. The molecule has 0 aliphatic heterocycles. The first kappa shape index (κ1) is 15.9. The molecule has 0 heterocycles. The largest absolute Gasteiger partial charge is 0.312 e. The highest BCUT2D eigenvalue weighted by atomic mass is 32.2. The summed E-state index contributed by atoms with van der Waals surface area (Å²) in [4.78, 5) is 0. The smallest absolute Gasteiger partial charge is 0.209 e. The van der Waals surface area contributed by atoms with Crippen molar-refractivity contribution < 1.29 is 8.42 Å². The lowest BCUT2D eigenvalue weighted by Gasteiger charge is -2.32. The van der Waals surface area contributed by atoms with Crippen molar-refractivity contribution in [2.45, 2.75) is 64.5 Å². The summed E-state index contributed by atoms with van der Waals surface area (Å²) >= 11 is 0. The molecule has 0 atom stereocenters. The van der Waals surface area contributed by atoms with Gasteiger partial charge < -0.3 is 5.32 Å². The van der Waals surface area contributed by atoms with Crippen LogP contribution in [0.5, 0.6) is 0 Å². The Morgan fingerprint density at radius 3 is 2.17 bits per heavy atom. The maximum absolute atomic E-state index is 11.2. The molecule has 0 spiro atoms. The fourth-order valence-electron chi connectivity index (χ4n) is 2.71. The molecule has 0 aromatic carbocycles. The van der Waals surface area contributed by atoms with Crippen LogP contribution in [0.3, 0.4) is 0 Å². The molecule has 108 valence electrons. The van der Waals surface area contributed by atoms with Crippen LogP contribution >= 0.6 is 0 Å². The molecule has 0 amide bonds. The Hall–Kier alpha value is -0.130. The minimum atomic E-state index is -3.14. The number of sulfonamides is 1. The van der Waals surface area contributed by atoms with Crippen LogP contribution in [0, 0.1) is 5.92 Å². The summed E-state index contributed by atoms with van der Waals surface area (Å²) in [6, 6.07) is 0.549. The van der Waals surface area contributed by atoms with Gasteiger partial charge in [0.15, 0.2) is 0 Å². The van der Waals surface area contributed by atoms with Gasteiger partial charge in [0, 0.05) is 18.1 Å². The van der Waals surface area contributed by atoms with Crippen molar-refractivity contribution in [3.8, 4) is 0 Å². The molecule has 0 unspecified atom stereocenters. The van der Waals surface area contributed by atoms with E-state index in [-0.39, 0.29) is 0 Å². The molecule has 1 aliphatic carbocycles. The van der Waals surface area contributed by atoms with Crippen LogP contribution in [-0.2, 0) is 10.0 Å². The minimum absolute atomic E-state index is 0.421. The van der Waals surface area contributed by atoms with Crippen LogP contribution in [0.2, 0.25) is 0 Å². The molecule has 1 saturated carbocycles. The topological polar surface area (TPSA) is 58.2 Å². The van der Waals surface area contributed by atoms with Gasteiger partial charge in [0.05, 0.1) is 6.26 Å². The Kier molecular flexibility index (Phi) is 5.62. The normalized spacial score (nSPS) is 26.2. The molecule has 0 radical (unpaired) electrons. The molecule has 1 aliphatic rings. The van der Waals surface area contributed by atoms with E-state index in [1.54, 1.807) is 0 Å². The second-order valence-corrected chi connectivity index (χ2v) is 8.01. The molecule has 0 saturated heterocycles. The number of hydrogen-bond acceptors (Lipinski definition) is 3. The first-order valence-corrected chi connectivity index (χ1v) is 8.83. The fraction of sp³-hybridized carbons (Fsp3) is 1.00. The van der Waals surface area contributed by atoms with Gasteiger partial charge in [0.1, 0.15) is 0 Å². The Labute approximate surface area is 112 Å². The highest BCUT2D eigenvalue weighted by Gasteiger charge is 2.25. The molecular weight excluding hydrogens is 248 g/mol. The van der Waals surface area contributed by atoms with Crippen molar-refractivity contribution >= 4 is 10.0 Å². The van der Waals surface area contributed by atoms with Gasteiger partial charge in [-0.05, 0) is 45.4 Å². The van der Waals surface area contributed by atoms with Crippen molar-refractivity contribution in [2.24, 2.45) is 5.92 Å². The number of nitrogens with one attached hydrogen (secondary N) is 2. The first-order chi connectivity index (χ1) is 8.22. The summed E-state index contributed by atoms with van der Waals surface area (Å²) in [5, 5.41) is 3.50. The van der Waals surface area contributed by atoms with Crippen molar-refractivity contribution in [3.63, 3.8) is 0 Å². The van der Waals surface area contributed by atoms with Gasteiger partial charge in [0.25, 0.3) is 0 Å². The van der Waals surface area contributed by atoms with Crippen molar-refractivity contribution in [3.05, 3.63) is 0 Å². The third-order valence-corrected chi connectivity index (χ3v) is 4.64. The zero-order chi connectivity index (χ0) is 13.8. The van der Waals surface area contributed by atoms with E-state index in [0.29, 0.717) is 12.6 Å². The minimum Gasteiger partial charge on any atom is -0.312 e. The van der Waals surface area contributed by atoms with Gasteiger partial charge in [0.2, 0.25) is 10.0 Å². The molecular formula is C13H28N2O2S. The number of hydrogen-bond donors (Lipinski definition) is 2. The van der Waals surface area contributed by atoms with Gasteiger partial charge >= 0.3 is 0 Å². The van der Waals surface area contributed by atoms with E-state index >= 15 is 0 Å². The van der Waals surface area contributed by atoms with E-state index in [1.807, 2.05) is 13.8 Å². The number of rotatable bonds is 6. The van der Waals surface area contributed by atoms with Crippen LogP contribution < -0.4 is 10.0 Å². The molecule has 5 heteroatoms. The average Bonchev–Trinajstić information content (AvgIpc) is 2.24. The molecule has 4 nitrogen and oxygen atoms in total. The lowest BCUT2D eigenvalue weighted by atomic mass is 9.84. The molecule has 2 N–H and O–H groups in total. The Morgan fingerprint density at radius 2 is 1.72 bits per heavy atom. The molecule has 1 rings (SSSR count). The predicted molar refractivity (Wildman–Crippen MR) is 76.1 cm³/mol. The fourth-order valence-corrected chi connectivity index (χ4v) is 3.79. The SMILES string of the molecule is CCC1CCC(NCC(C)(C)NS(C)(=O)=O)CC1. The van der Waals surface area contributed by atoms with Crippen LogP contribution in [0.4, 0.5) is 0 Å². The van der Waals surface area contributed by atoms with Gasteiger partial charge in [-0.15, -0.1) is 0 Å². The average molecular weight is 276 g/mol. The lowest BCUT2D eigenvalue weighted by Crippen LogP contribution is -2.52. The van der Waals surface area contributed by atoms with Crippen molar-refractivity contribution in [2.75, 3.05) is 12.8 Å². The predicted octanol–water partition coefficient (Wildman–Crippen LogP) is 1.87. The highest BCUT2D eigenvalue weighted by molar-refractivity contribution is 7.88. The standard InChI is InChI=1S/C13H28N2O2S/c1-5-11-6-8-12(9-7-11)14-10-13(2,3)15-18(4,16)17/h11-12,14-15H,5-10H2,1-4H3. The van der Waals surface area contributed by atoms with E-state index in [9.17, 15) is 8.42 Å². The summed E-state index contributed by atoms with van der Waals surface area (Å²) in [7, 11) is -3.14.